The Morgan fingerprint density at radius 2 is 2.28 bits per heavy atom. The first-order chi connectivity index (χ1) is 8.63. The highest BCUT2D eigenvalue weighted by Gasteiger charge is 2.27. The number of halogens is 2. The molecule has 2 rings (SSSR count). The van der Waals surface area contributed by atoms with Crippen molar-refractivity contribution in [2.24, 2.45) is 0 Å². The predicted molar refractivity (Wildman–Crippen MR) is 75.6 cm³/mol. The highest BCUT2D eigenvalue weighted by atomic mass is 79.9. The van der Waals surface area contributed by atoms with E-state index >= 15 is 0 Å². The molecule has 0 bridgehead atoms. The Morgan fingerprint density at radius 3 is 3.00 bits per heavy atom. The number of nitrogens with zero attached hydrogens (tertiary/aromatic N) is 1. The van der Waals surface area contributed by atoms with Gasteiger partial charge < -0.3 is 10.0 Å². The second kappa shape index (κ2) is 5.93. The lowest BCUT2D eigenvalue weighted by Gasteiger charge is -2.35. The first kappa shape index (κ1) is 13.7. The van der Waals surface area contributed by atoms with E-state index in [-0.39, 0.29) is 17.7 Å². The minimum absolute atomic E-state index is 0.0650. The number of phenols is 1. The highest BCUT2D eigenvalue weighted by molar-refractivity contribution is 9.09. The van der Waals surface area contributed by atoms with Gasteiger partial charge in [0.15, 0.2) is 0 Å². The van der Waals surface area contributed by atoms with Gasteiger partial charge >= 0.3 is 0 Å². The standard InChI is InChI=1S/C13H15BrClNO2/c14-8-9-3-1-2-6-16(9)13(18)11-7-10(17)4-5-12(11)15/h4-5,7,9,17H,1-3,6,8H2. The number of alkyl halides is 1. The normalized spacial score (nSPS) is 19.9. The Morgan fingerprint density at radius 1 is 1.50 bits per heavy atom. The molecular weight excluding hydrogens is 318 g/mol. The zero-order valence-electron chi connectivity index (χ0n) is 9.90. The second-order valence-electron chi connectivity index (χ2n) is 4.47. The fourth-order valence-electron chi connectivity index (χ4n) is 2.26. The van der Waals surface area contributed by atoms with Crippen molar-refractivity contribution in [1.82, 2.24) is 4.90 Å². The Labute approximate surface area is 120 Å². The Bertz CT molecular complexity index is 453. The molecule has 1 aliphatic rings. The van der Waals surface area contributed by atoms with E-state index in [2.05, 4.69) is 15.9 Å². The molecule has 0 radical (unpaired) electrons. The van der Waals surface area contributed by atoms with Gasteiger partial charge in [0.2, 0.25) is 0 Å². The van der Waals surface area contributed by atoms with Crippen molar-refractivity contribution >= 4 is 33.4 Å². The van der Waals surface area contributed by atoms with Crippen LogP contribution in [0.2, 0.25) is 5.02 Å². The maximum atomic E-state index is 12.5. The van der Waals surface area contributed by atoms with Crippen molar-refractivity contribution < 1.29 is 9.90 Å². The number of piperidine rings is 1. The van der Waals surface area contributed by atoms with Crippen LogP contribution in [0.5, 0.6) is 5.75 Å². The molecule has 1 unspecified atom stereocenters. The summed E-state index contributed by atoms with van der Waals surface area (Å²) in [5.74, 6) is -0.0322. The van der Waals surface area contributed by atoms with Gasteiger partial charge in [-0.15, -0.1) is 0 Å². The van der Waals surface area contributed by atoms with Crippen LogP contribution in [0.4, 0.5) is 0 Å². The zero-order chi connectivity index (χ0) is 13.1. The summed E-state index contributed by atoms with van der Waals surface area (Å²) in [6, 6.07) is 4.68. The Kier molecular flexibility index (Phi) is 4.51. The lowest BCUT2D eigenvalue weighted by atomic mass is 10.0. The fourth-order valence-corrected chi connectivity index (χ4v) is 3.13. The van der Waals surface area contributed by atoms with Crippen LogP contribution in [0.15, 0.2) is 18.2 Å². The van der Waals surface area contributed by atoms with Gasteiger partial charge in [0, 0.05) is 17.9 Å². The van der Waals surface area contributed by atoms with Crippen LogP contribution in [0.25, 0.3) is 0 Å². The number of benzene rings is 1. The SMILES string of the molecule is O=C(c1cc(O)ccc1Cl)N1CCCCC1CBr. The summed E-state index contributed by atoms with van der Waals surface area (Å²) in [7, 11) is 0. The van der Waals surface area contributed by atoms with Crippen LogP contribution in [-0.2, 0) is 0 Å². The van der Waals surface area contributed by atoms with Gasteiger partial charge in [-0.05, 0) is 37.5 Å². The number of carbonyl (C=O) groups is 1. The van der Waals surface area contributed by atoms with Gasteiger partial charge in [-0.2, -0.15) is 0 Å². The molecule has 1 heterocycles. The lowest BCUT2D eigenvalue weighted by molar-refractivity contribution is 0.0641. The lowest BCUT2D eigenvalue weighted by Crippen LogP contribution is -2.44. The first-order valence-electron chi connectivity index (χ1n) is 5.99. The third-order valence-electron chi connectivity index (χ3n) is 3.25. The van der Waals surface area contributed by atoms with Crippen LogP contribution < -0.4 is 0 Å². The maximum Gasteiger partial charge on any atom is 0.255 e. The average molecular weight is 333 g/mol. The predicted octanol–water partition coefficient (Wildman–Crippen LogP) is 3.44. The van der Waals surface area contributed by atoms with Crippen LogP contribution in [0.1, 0.15) is 29.6 Å². The third kappa shape index (κ3) is 2.81. The molecule has 98 valence electrons. The van der Waals surface area contributed by atoms with E-state index in [1.54, 1.807) is 6.07 Å². The summed E-state index contributed by atoms with van der Waals surface area (Å²) >= 11 is 9.48. The number of carbonyl (C=O) groups excluding carboxylic acids is 1. The number of amides is 1. The van der Waals surface area contributed by atoms with Crippen LogP contribution in [-0.4, -0.2) is 33.8 Å². The summed E-state index contributed by atoms with van der Waals surface area (Å²) in [4.78, 5) is 14.3. The number of likely N-dealkylation sites (tertiary alicyclic amines) is 1. The topological polar surface area (TPSA) is 40.5 Å². The van der Waals surface area contributed by atoms with Gasteiger partial charge in [-0.25, -0.2) is 0 Å². The van der Waals surface area contributed by atoms with Crippen molar-refractivity contribution in [3.8, 4) is 5.75 Å². The smallest absolute Gasteiger partial charge is 0.255 e. The highest BCUT2D eigenvalue weighted by Crippen LogP contribution is 2.26. The minimum atomic E-state index is -0.0972. The first-order valence-corrected chi connectivity index (χ1v) is 7.49. The van der Waals surface area contributed by atoms with Crippen molar-refractivity contribution in [3.05, 3.63) is 28.8 Å². The molecule has 1 amide bonds. The van der Waals surface area contributed by atoms with Crippen molar-refractivity contribution in [2.45, 2.75) is 25.3 Å². The minimum Gasteiger partial charge on any atom is -0.508 e. The van der Waals surface area contributed by atoms with Crippen LogP contribution in [0.3, 0.4) is 0 Å². The molecular formula is C13H15BrClNO2. The number of hydrogen-bond donors (Lipinski definition) is 1. The van der Waals surface area contributed by atoms with Gasteiger partial charge in [-0.1, -0.05) is 27.5 Å². The monoisotopic (exact) mass is 331 g/mol. The largest absolute Gasteiger partial charge is 0.508 e. The van der Waals surface area contributed by atoms with E-state index < -0.39 is 0 Å². The molecule has 1 atom stereocenters. The molecule has 1 aliphatic heterocycles. The second-order valence-corrected chi connectivity index (χ2v) is 5.52. The van der Waals surface area contributed by atoms with Crippen LogP contribution in [0, 0.1) is 0 Å². The number of phenolic OH excluding ortho intramolecular Hbond substituents is 1. The molecule has 3 nitrogen and oxygen atoms in total. The van der Waals surface area contributed by atoms with E-state index in [4.69, 9.17) is 11.6 Å². The number of rotatable bonds is 2. The summed E-state index contributed by atoms with van der Waals surface area (Å²) in [5.41, 5.74) is 0.379. The van der Waals surface area contributed by atoms with Gasteiger partial charge in [0.25, 0.3) is 5.91 Å². The molecule has 0 aromatic heterocycles. The summed E-state index contributed by atoms with van der Waals surface area (Å²) in [6.07, 6.45) is 3.17. The molecule has 0 aliphatic carbocycles. The van der Waals surface area contributed by atoms with E-state index in [0.29, 0.717) is 10.6 Å². The van der Waals surface area contributed by atoms with Crippen molar-refractivity contribution in [2.75, 3.05) is 11.9 Å². The van der Waals surface area contributed by atoms with E-state index in [1.807, 2.05) is 4.90 Å². The number of aromatic hydroxyl groups is 1. The van der Waals surface area contributed by atoms with E-state index in [9.17, 15) is 9.90 Å². The molecule has 0 spiro atoms. The van der Waals surface area contributed by atoms with Gasteiger partial charge in [0.05, 0.1) is 10.6 Å². The zero-order valence-corrected chi connectivity index (χ0v) is 12.2. The molecule has 0 saturated carbocycles. The molecule has 1 aromatic rings. The molecule has 1 saturated heterocycles. The third-order valence-corrected chi connectivity index (χ3v) is 4.32. The quantitative estimate of drug-likeness (QED) is 0.843. The fraction of sp³-hybridized carbons (Fsp3) is 0.462. The summed E-state index contributed by atoms with van der Waals surface area (Å²) in [5, 5.41) is 10.6. The average Bonchev–Trinajstić information content (AvgIpc) is 2.40. The number of hydrogen-bond acceptors (Lipinski definition) is 2. The summed E-state index contributed by atoms with van der Waals surface area (Å²) < 4.78 is 0. The van der Waals surface area contributed by atoms with Gasteiger partial charge in [0.1, 0.15) is 5.75 Å². The van der Waals surface area contributed by atoms with E-state index in [1.165, 1.54) is 12.1 Å². The van der Waals surface area contributed by atoms with Crippen molar-refractivity contribution in [1.29, 1.82) is 0 Å². The Hall–Kier alpha value is -0.740. The molecule has 1 N–H and O–H groups in total. The van der Waals surface area contributed by atoms with Crippen molar-refractivity contribution in [3.63, 3.8) is 0 Å². The molecule has 1 fully saturated rings. The molecule has 1 aromatic carbocycles. The van der Waals surface area contributed by atoms with E-state index in [0.717, 1.165) is 31.1 Å². The maximum absolute atomic E-state index is 12.5. The molecule has 18 heavy (non-hydrogen) atoms. The van der Waals surface area contributed by atoms with Crippen LogP contribution >= 0.6 is 27.5 Å². The molecule has 5 heteroatoms. The van der Waals surface area contributed by atoms with Gasteiger partial charge in [-0.3, -0.25) is 4.79 Å². The Balaban J connectivity index is 2.26. The summed E-state index contributed by atoms with van der Waals surface area (Å²) in [6.45, 7) is 0.751.